The molecule has 1 aliphatic heterocycles. The van der Waals surface area contributed by atoms with E-state index in [-0.39, 0.29) is 34.2 Å². The van der Waals surface area contributed by atoms with Crippen LogP contribution in [0.2, 0.25) is 36.3 Å². The maximum absolute atomic E-state index is 12.4. The lowest BCUT2D eigenvalue weighted by atomic mass is 9.83. The molecular weight excluding hydrogens is 412 g/mol. The van der Waals surface area contributed by atoms with Crippen molar-refractivity contribution >= 4 is 22.6 Å². The van der Waals surface area contributed by atoms with Crippen LogP contribution in [0.1, 0.15) is 54.4 Å². The van der Waals surface area contributed by atoms with Crippen LogP contribution < -0.4 is 0 Å². The van der Waals surface area contributed by atoms with Gasteiger partial charge in [-0.2, -0.15) is 0 Å². The standard InChI is InChI=1S/C23H44O5Si2/c1-22(2,3)29(8,9)27-14-16-12-13-17-18(20(24)25-7)15-26-21(19(16)17)28-30(10,11)23(4,5)6/h15-17,19,21H,12-14H2,1-11H3. The molecule has 1 heterocycles. The van der Waals surface area contributed by atoms with Crippen LogP contribution >= 0.6 is 0 Å². The lowest BCUT2D eigenvalue weighted by Crippen LogP contribution is -2.50. The molecule has 0 radical (unpaired) electrons. The summed E-state index contributed by atoms with van der Waals surface area (Å²) in [5, 5.41) is 0.256. The average molecular weight is 457 g/mol. The van der Waals surface area contributed by atoms with Crippen LogP contribution in [-0.2, 0) is 23.1 Å². The van der Waals surface area contributed by atoms with E-state index in [1.165, 1.54) is 7.11 Å². The molecule has 2 rings (SSSR count). The highest BCUT2D eigenvalue weighted by Crippen LogP contribution is 2.50. The summed E-state index contributed by atoms with van der Waals surface area (Å²) in [7, 11) is -2.45. The summed E-state index contributed by atoms with van der Waals surface area (Å²) in [5.41, 5.74) is 0.646. The predicted octanol–water partition coefficient (Wildman–Crippen LogP) is 6.09. The summed E-state index contributed by atoms with van der Waals surface area (Å²) >= 11 is 0. The molecule has 0 aromatic heterocycles. The van der Waals surface area contributed by atoms with E-state index < -0.39 is 16.6 Å². The van der Waals surface area contributed by atoms with Crippen molar-refractivity contribution in [3.8, 4) is 0 Å². The second kappa shape index (κ2) is 8.72. The molecule has 0 aromatic carbocycles. The molecule has 0 spiro atoms. The monoisotopic (exact) mass is 456 g/mol. The molecule has 1 fully saturated rings. The summed E-state index contributed by atoms with van der Waals surface area (Å²) in [4.78, 5) is 12.4. The number of esters is 1. The van der Waals surface area contributed by atoms with E-state index in [0.717, 1.165) is 12.8 Å². The summed E-state index contributed by atoms with van der Waals surface area (Å²) in [6.07, 6.45) is 3.22. The normalized spacial score (nSPS) is 27.9. The van der Waals surface area contributed by atoms with Gasteiger partial charge < -0.3 is 18.3 Å². The minimum absolute atomic E-state index is 0.0872. The van der Waals surface area contributed by atoms with E-state index in [2.05, 4.69) is 67.7 Å². The van der Waals surface area contributed by atoms with E-state index in [9.17, 15) is 4.79 Å². The first kappa shape index (κ1) is 25.6. The third kappa shape index (κ3) is 5.22. The van der Waals surface area contributed by atoms with E-state index in [1.807, 2.05) is 0 Å². The van der Waals surface area contributed by atoms with E-state index in [4.69, 9.17) is 18.3 Å². The number of carbonyl (C=O) groups excluding carboxylic acids is 1. The van der Waals surface area contributed by atoms with Gasteiger partial charge in [0.05, 0.1) is 18.9 Å². The second-order valence-electron chi connectivity index (χ2n) is 12.0. The highest BCUT2D eigenvalue weighted by atomic mass is 28.4. The Morgan fingerprint density at radius 3 is 2.10 bits per heavy atom. The van der Waals surface area contributed by atoms with Gasteiger partial charge in [0.2, 0.25) is 0 Å². The average Bonchev–Trinajstić information content (AvgIpc) is 3.02. The predicted molar refractivity (Wildman–Crippen MR) is 126 cm³/mol. The molecule has 1 saturated carbocycles. The number of carbonyl (C=O) groups is 1. The molecule has 7 heteroatoms. The Hall–Kier alpha value is -0.636. The summed E-state index contributed by atoms with van der Waals surface area (Å²) in [6.45, 7) is 23.3. The largest absolute Gasteiger partial charge is 0.473 e. The fourth-order valence-electron chi connectivity index (χ4n) is 3.82. The molecule has 0 bridgehead atoms. The van der Waals surface area contributed by atoms with Crippen molar-refractivity contribution in [3.63, 3.8) is 0 Å². The minimum Gasteiger partial charge on any atom is -0.473 e. The van der Waals surface area contributed by atoms with Gasteiger partial charge in [-0.05, 0) is 55.0 Å². The Balaban J connectivity index is 2.28. The number of methoxy groups -OCH3 is 1. The number of hydrogen-bond acceptors (Lipinski definition) is 5. The molecule has 5 nitrogen and oxygen atoms in total. The lowest BCUT2D eigenvalue weighted by Gasteiger charge is -2.44. The van der Waals surface area contributed by atoms with Crippen LogP contribution in [0.15, 0.2) is 11.8 Å². The van der Waals surface area contributed by atoms with E-state index in [0.29, 0.717) is 18.1 Å². The van der Waals surface area contributed by atoms with Gasteiger partial charge in [-0.1, -0.05) is 41.5 Å². The Morgan fingerprint density at radius 2 is 1.60 bits per heavy atom. The molecule has 0 amide bonds. The van der Waals surface area contributed by atoms with Crippen LogP contribution in [0, 0.1) is 17.8 Å². The highest BCUT2D eigenvalue weighted by Gasteiger charge is 2.52. The zero-order valence-electron chi connectivity index (χ0n) is 21.0. The lowest BCUT2D eigenvalue weighted by molar-refractivity contribution is -0.143. The summed E-state index contributed by atoms with van der Waals surface area (Å²) in [6, 6.07) is 0. The van der Waals surface area contributed by atoms with Crippen molar-refractivity contribution in [2.24, 2.45) is 17.8 Å². The molecule has 4 atom stereocenters. The Bertz CT molecular complexity index is 657. The molecule has 0 N–H and O–H groups in total. The maximum atomic E-state index is 12.4. The molecule has 4 unspecified atom stereocenters. The van der Waals surface area contributed by atoms with Crippen LogP contribution in [0.25, 0.3) is 0 Å². The molecule has 0 aromatic rings. The second-order valence-corrected chi connectivity index (χ2v) is 21.6. The Labute approximate surface area is 186 Å². The van der Waals surface area contributed by atoms with Gasteiger partial charge in [0.15, 0.2) is 22.9 Å². The zero-order valence-corrected chi connectivity index (χ0v) is 23.0. The smallest absolute Gasteiger partial charge is 0.337 e. The van der Waals surface area contributed by atoms with Gasteiger partial charge in [-0.15, -0.1) is 0 Å². The van der Waals surface area contributed by atoms with Crippen molar-refractivity contribution in [2.45, 2.75) is 96.9 Å². The van der Waals surface area contributed by atoms with Crippen molar-refractivity contribution in [3.05, 3.63) is 11.8 Å². The van der Waals surface area contributed by atoms with Crippen LogP contribution in [0.3, 0.4) is 0 Å². The Kier molecular flexibility index (Phi) is 7.44. The quantitative estimate of drug-likeness (QED) is 0.358. The van der Waals surface area contributed by atoms with Gasteiger partial charge in [0, 0.05) is 18.4 Å². The third-order valence-electron chi connectivity index (χ3n) is 8.00. The molecular formula is C23H44O5Si2. The minimum atomic E-state index is -2.03. The number of fused-ring (bicyclic) bond motifs is 1. The van der Waals surface area contributed by atoms with Crippen molar-refractivity contribution in [2.75, 3.05) is 13.7 Å². The van der Waals surface area contributed by atoms with E-state index in [1.54, 1.807) is 6.26 Å². The fourth-order valence-corrected chi connectivity index (χ4v) is 6.03. The molecule has 30 heavy (non-hydrogen) atoms. The first-order valence-corrected chi connectivity index (χ1v) is 17.1. The zero-order chi connectivity index (χ0) is 23.1. The van der Waals surface area contributed by atoms with Crippen molar-refractivity contribution in [1.29, 1.82) is 0 Å². The topological polar surface area (TPSA) is 54.0 Å². The Morgan fingerprint density at radius 1 is 1.03 bits per heavy atom. The van der Waals surface area contributed by atoms with Gasteiger partial charge in [-0.3, -0.25) is 0 Å². The number of rotatable bonds is 6. The van der Waals surface area contributed by atoms with Crippen molar-refractivity contribution in [1.82, 2.24) is 0 Å². The number of ether oxygens (including phenoxy) is 2. The molecule has 0 saturated heterocycles. The van der Waals surface area contributed by atoms with Crippen LogP contribution in [0.5, 0.6) is 0 Å². The van der Waals surface area contributed by atoms with Gasteiger partial charge >= 0.3 is 5.97 Å². The maximum Gasteiger partial charge on any atom is 0.337 e. The van der Waals surface area contributed by atoms with Gasteiger partial charge in [0.1, 0.15) is 0 Å². The number of hydrogen-bond donors (Lipinski definition) is 0. The first-order valence-electron chi connectivity index (χ1n) is 11.3. The molecule has 1 aliphatic carbocycles. The van der Waals surface area contributed by atoms with Gasteiger partial charge in [-0.25, -0.2) is 4.79 Å². The van der Waals surface area contributed by atoms with E-state index >= 15 is 0 Å². The first-order chi connectivity index (χ1) is 13.5. The van der Waals surface area contributed by atoms with Crippen LogP contribution in [-0.4, -0.2) is 42.6 Å². The molecule has 2 aliphatic rings. The molecule has 174 valence electrons. The third-order valence-corrected chi connectivity index (χ3v) is 16.9. The SMILES string of the molecule is COC(=O)C1=COC(O[Si](C)(C)C(C)(C)C)C2C(CO[Si](C)(C)C(C)(C)C)CCC12. The van der Waals surface area contributed by atoms with Gasteiger partial charge in [0.25, 0.3) is 0 Å². The summed E-state index contributed by atoms with van der Waals surface area (Å²) in [5.74, 6) is 0.242. The highest BCUT2D eigenvalue weighted by molar-refractivity contribution is 6.74. The van der Waals surface area contributed by atoms with Crippen LogP contribution in [0.4, 0.5) is 0 Å². The van der Waals surface area contributed by atoms with Crippen molar-refractivity contribution < 1.29 is 23.1 Å². The summed E-state index contributed by atoms with van der Waals surface area (Å²) < 4.78 is 24.5. The fraction of sp³-hybridized carbons (Fsp3) is 0.870.